The summed E-state index contributed by atoms with van der Waals surface area (Å²) < 4.78 is 6.05. The predicted molar refractivity (Wildman–Crippen MR) is 82.3 cm³/mol. The van der Waals surface area contributed by atoms with Crippen molar-refractivity contribution in [2.75, 3.05) is 7.05 Å². The molecule has 1 aromatic carbocycles. The molecule has 110 valence electrons. The van der Waals surface area contributed by atoms with Crippen molar-refractivity contribution < 1.29 is 4.74 Å². The van der Waals surface area contributed by atoms with Crippen LogP contribution in [0.4, 0.5) is 0 Å². The molecule has 4 heteroatoms. The molecule has 0 saturated carbocycles. The second-order valence-electron chi connectivity index (χ2n) is 5.49. The lowest BCUT2D eigenvalue weighted by molar-refractivity contribution is 0.167. The summed E-state index contributed by atoms with van der Waals surface area (Å²) in [5.74, 6) is 0. The minimum atomic E-state index is 0.0736. The number of aromatic nitrogens is 2. The van der Waals surface area contributed by atoms with Crippen molar-refractivity contribution in [1.82, 2.24) is 15.3 Å². The van der Waals surface area contributed by atoms with Gasteiger partial charge < -0.3 is 10.1 Å². The SMILES string of the molecule is CNCc1cnc(OC2CCCc3ccccc32)nc1C. The van der Waals surface area contributed by atoms with Gasteiger partial charge in [-0.15, -0.1) is 0 Å². The fourth-order valence-electron chi connectivity index (χ4n) is 2.85. The zero-order valence-electron chi connectivity index (χ0n) is 12.6. The lowest BCUT2D eigenvalue weighted by atomic mass is 9.89. The highest BCUT2D eigenvalue weighted by atomic mass is 16.5. The summed E-state index contributed by atoms with van der Waals surface area (Å²) in [5, 5.41) is 3.12. The number of rotatable bonds is 4. The summed E-state index contributed by atoms with van der Waals surface area (Å²) in [5.41, 5.74) is 4.74. The Bertz CT molecular complexity index is 627. The number of hydrogen-bond donors (Lipinski definition) is 1. The maximum absolute atomic E-state index is 6.05. The second-order valence-corrected chi connectivity index (χ2v) is 5.49. The van der Waals surface area contributed by atoms with Crippen molar-refractivity contribution in [3.63, 3.8) is 0 Å². The van der Waals surface area contributed by atoms with Crippen LogP contribution >= 0.6 is 0 Å². The highest BCUT2D eigenvalue weighted by molar-refractivity contribution is 5.31. The normalized spacial score (nSPS) is 17.3. The van der Waals surface area contributed by atoms with E-state index in [1.165, 1.54) is 11.1 Å². The zero-order valence-corrected chi connectivity index (χ0v) is 12.6. The Morgan fingerprint density at radius 2 is 2.19 bits per heavy atom. The van der Waals surface area contributed by atoms with Crippen LogP contribution in [-0.2, 0) is 13.0 Å². The minimum absolute atomic E-state index is 0.0736. The maximum Gasteiger partial charge on any atom is 0.317 e. The standard InChI is InChI=1S/C17H21N3O/c1-12-14(10-18-2)11-19-17(20-12)21-16-9-5-7-13-6-3-4-8-15(13)16/h3-4,6,8,11,16,18H,5,7,9-10H2,1-2H3. The van der Waals surface area contributed by atoms with E-state index in [9.17, 15) is 0 Å². The number of nitrogens with zero attached hydrogens (tertiary/aromatic N) is 2. The third-order valence-electron chi connectivity index (χ3n) is 3.99. The average molecular weight is 283 g/mol. The molecule has 0 saturated heterocycles. The molecular formula is C17H21N3O. The summed E-state index contributed by atoms with van der Waals surface area (Å²) in [7, 11) is 1.92. The smallest absolute Gasteiger partial charge is 0.317 e. The molecule has 1 N–H and O–H groups in total. The van der Waals surface area contributed by atoms with Crippen molar-refractivity contribution in [3.05, 3.63) is 52.8 Å². The Hall–Kier alpha value is -1.94. The molecule has 1 aromatic heterocycles. The third kappa shape index (κ3) is 3.05. The molecule has 0 spiro atoms. The van der Waals surface area contributed by atoms with Gasteiger partial charge in [-0.1, -0.05) is 24.3 Å². The van der Waals surface area contributed by atoms with Gasteiger partial charge in [-0.3, -0.25) is 0 Å². The Balaban J connectivity index is 1.80. The number of ether oxygens (including phenoxy) is 1. The van der Waals surface area contributed by atoms with Crippen molar-refractivity contribution in [2.24, 2.45) is 0 Å². The topological polar surface area (TPSA) is 47.0 Å². The van der Waals surface area contributed by atoms with Gasteiger partial charge in [0.1, 0.15) is 6.10 Å². The predicted octanol–water partition coefficient (Wildman–Crippen LogP) is 2.96. The largest absolute Gasteiger partial charge is 0.455 e. The van der Waals surface area contributed by atoms with Gasteiger partial charge in [-0.05, 0) is 44.4 Å². The van der Waals surface area contributed by atoms with Gasteiger partial charge in [-0.25, -0.2) is 9.97 Å². The number of hydrogen-bond acceptors (Lipinski definition) is 4. The Morgan fingerprint density at radius 1 is 1.33 bits per heavy atom. The molecular weight excluding hydrogens is 262 g/mol. The Morgan fingerprint density at radius 3 is 3.00 bits per heavy atom. The van der Waals surface area contributed by atoms with Crippen LogP contribution in [0.1, 0.15) is 41.3 Å². The van der Waals surface area contributed by atoms with E-state index in [1.54, 1.807) is 0 Å². The summed E-state index contributed by atoms with van der Waals surface area (Å²) in [6, 6.07) is 8.99. The zero-order chi connectivity index (χ0) is 14.7. The molecule has 1 atom stereocenters. The molecule has 1 unspecified atom stereocenters. The monoisotopic (exact) mass is 283 g/mol. The fraction of sp³-hybridized carbons (Fsp3) is 0.412. The van der Waals surface area contributed by atoms with Crippen molar-refractivity contribution in [1.29, 1.82) is 0 Å². The van der Waals surface area contributed by atoms with E-state index in [1.807, 2.05) is 20.2 Å². The summed E-state index contributed by atoms with van der Waals surface area (Å²) in [4.78, 5) is 8.84. The van der Waals surface area contributed by atoms with Crippen LogP contribution in [0, 0.1) is 6.92 Å². The van der Waals surface area contributed by atoms with Crippen LogP contribution in [0.15, 0.2) is 30.5 Å². The number of benzene rings is 1. The Labute approximate surface area is 125 Å². The minimum Gasteiger partial charge on any atom is -0.455 e. The summed E-state index contributed by atoms with van der Waals surface area (Å²) >= 11 is 0. The molecule has 21 heavy (non-hydrogen) atoms. The van der Waals surface area contributed by atoms with Gasteiger partial charge in [0.05, 0.1) is 0 Å². The van der Waals surface area contributed by atoms with E-state index < -0.39 is 0 Å². The van der Waals surface area contributed by atoms with E-state index in [0.29, 0.717) is 6.01 Å². The van der Waals surface area contributed by atoms with E-state index in [0.717, 1.165) is 37.1 Å². The lowest BCUT2D eigenvalue weighted by Crippen LogP contribution is -2.17. The second kappa shape index (κ2) is 6.22. The Kier molecular flexibility index (Phi) is 4.15. The molecule has 1 aliphatic rings. The van der Waals surface area contributed by atoms with E-state index in [2.05, 4.69) is 39.6 Å². The number of nitrogens with one attached hydrogen (secondary N) is 1. The van der Waals surface area contributed by atoms with Crippen molar-refractivity contribution in [2.45, 2.75) is 38.8 Å². The van der Waals surface area contributed by atoms with Crippen LogP contribution in [0.3, 0.4) is 0 Å². The van der Waals surface area contributed by atoms with Gasteiger partial charge >= 0.3 is 6.01 Å². The van der Waals surface area contributed by atoms with Gasteiger partial charge in [0.15, 0.2) is 0 Å². The average Bonchev–Trinajstić information content (AvgIpc) is 2.51. The molecule has 1 aliphatic carbocycles. The van der Waals surface area contributed by atoms with Crippen molar-refractivity contribution >= 4 is 0 Å². The number of aryl methyl sites for hydroxylation is 2. The van der Waals surface area contributed by atoms with Crippen LogP contribution in [0.2, 0.25) is 0 Å². The van der Waals surface area contributed by atoms with Gasteiger partial charge in [0.25, 0.3) is 0 Å². The highest BCUT2D eigenvalue weighted by Gasteiger charge is 2.22. The first-order chi connectivity index (χ1) is 10.3. The van der Waals surface area contributed by atoms with Crippen molar-refractivity contribution in [3.8, 4) is 6.01 Å². The first-order valence-electron chi connectivity index (χ1n) is 7.49. The highest BCUT2D eigenvalue weighted by Crippen LogP contribution is 2.32. The fourth-order valence-corrected chi connectivity index (χ4v) is 2.85. The molecule has 1 heterocycles. The van der Waals surface area contributed by atoms with Crippen LogP contribution in [0.5, 0.6) is 6.01 Å². The number of fused-ring (bicyclic) bond motifs is 1. The molecule has 0 fully saturated rings. The summed E-state index contributed by atoms with van der Waals surface area (Å²) in [6.45, 7) is 2.77. The first-order valence-corrected chi connectivity index (χ1v) is 7.49. The van der Waals surface area contributed by atoms with E-state index in [-0.39, 0.29) is 6.10 Å². The van der Waals surface area contributed by atoms with Crippen LogP contribution < -0.4 is 10.1 Å². The summed E-state index contributed by atoms with van der Waals surface area (Å²) in [6.07, 6.45) is 5.24. The molecule has 0 aliphatic heterocycles. The maximum atomic E-state index is 6.05. The molecule has 0 radical (unpaired) electrons. The third-order valence-corrected chi connectivity index (χ3v) is 3.99. The van der Waals surface area contributed by atoms with Gasteiger partial charge in [0, 0.05) is 24.0 Å². The first kappa shape index (κ1) is 14.0. The van der Waals surface area contributed by atoms with Crippen LogP contribution in [-0.4, -0.2) is 17.0 Å². The lowest BCUT2D eigenvalue weighted by Gasteiger charge is -2.25. The molecule has 0 amide bonds. The molecule has 0 bridgehead atoms. The quantitative estimate of drug-likeness (QED) is 0.937. The van der Waals surface area contributed by atoms with E-state index >= 15 is 0 Å². The van der Waals surface area contributed by atoms with Gasteiger partial charge in [0.2, 0.25) is 0 Å². The van der Waals surface area contributed by atoms with Gasteiger partial charge in [-0.2, -0.15) is 0 Å². The van der Waals surface area contributed by atoms with E-state index in [4.69, 9.17) is 4.74 Å². The van der Waals surface area contributed by atoms with Crippen LogP contribution in [0.25, 0.3) is 0 Å². The molecule has 2 aromatic rings. The molecule has 4 nitrogen and oxygen atoms in total. The molecule has 3 rings (SSSR count).